The molecule has 2 amide bonds. The van der Waals surface area contributed by atoms with Crippen molar-refractivity contribution in [3.05, 3.63) is 115 Å². The molecule has 1 aromatic heterocycles. The van der Waals surface area contributed by atoms with E-state index in [1.54, 1.807) is 18.2 Å². The van der Waals surface area contributed by atoms with Gasteiger partial charge in [0.15, 0.2) is 0 Å². The number of non-ortho nitro benzene ring substituents is 1. The number of nitrogens with zero attached hydrogens (tertiary/aromatic N) is 3. The number of thioether (sulfide) groups is 1. The normalized spacial score (nSPS) is 14.8. The summed E-state index contributed by atoms with van der Waals surface area (Å²) in [5, 5.41) is 11.5. The van der Waals surface area contributed by atoms with Gasteiger partial charge in [-0.05, 0) is 47.2 Å². The Morgan fingerprint density at radius 1 is 1.03 bits per heavy atom. The molecule has 180 valence electrons. The molecule has 2 heterocycles. The Morgan fingerprint density at radius 3 is 2.50 bits per heavy atom. The van der Waals surface area contributed by atoms with Gasteiger partial charge in [-0.3, -0.25) is 24.6 Å². The minimum absolute atomic E-state index is 0.0226. The van der Waals surface area contributed by atoms with Crippen LogP contribution in [0.5, 0.6) is 0 Å². The minimum atomic E-state index is -0.497. The van der Waals surface area contributed by atoms with Crippen molar-refractivity contribution in [1.29, 1.82) is 0 Å². The van der Waals surface area contributed by atoms with Crippen molar-refractivity contribution in [2.75, 3.05) is 0 Å². The maximum atomic E-state index is 13.4. The van der Waals surface area contributed by atoms with Crippen LogP contribution in [0.3, 0.4) is 0 Å². The van der Waals surface area contributed by atoms with Crippen molar-refractivity contribution >= 4 is 57.2 Å². The summed E-state index contributed by atoms with van der Waals surface area (Å²) in [6.07, 6.45) is 3.57. The van der Waals surface area contributed by atoms with E-state index in [1.807, 2.05) is 35.0 Å². The van der Waals surface area contributed by atoms with Gasteiger partial charge in [0.1, 0.15) is 5.82 Å². The first-order valence-corrected chi connectivity index (χ1v) is 12.0. The van der Waals surface area contributed by atoms with Gasteiger partial charge < -0.3 is 4.57 Å². The molecule has 0 radical (unpaired) electrons. The average Bonchev–Trinajstić information content (AvgIpc) is 3.33. The third kappa shape index (κ3) is 4.62. The van der Waals surface area contributed by atoms with Crippen LogP contribution in [0.25, 0.3) is 17.0 Å². The van der Waals surface area contributed by atoms with E-state index in [2.05, 4.69) is 0 Å². The lowest BCUT2D eigenvalue weighted by atomic mass is 10.1. The number of rotatable bonds is 6. The van der Waals surface area contributed by atoms with E-state index in [-0.39, 0.29) is 22.2 Å². The fourth-order valence-corrected chi connectivity index (χ4v) is 5.09. The quantitative estimate of drug-likeness (QED) is 0.161. The summed E-state index contributed by atoms with van der Waals surface area (Å²) in [5.74, 6) is -0.944. The summed E-state index contributed by atoms with van der Waals surface area (Å²) in [6, 6.07) is 17.8. The van der Waals surface area contributed by atoms with Gasteiger partial charge in [-0.1, -0.05) is 48.0 Å². The summed E-state index contributed by atoms with van der Waals surface area (Å²) in [7, 11) is 0. The van der Waals surface area contributed by atoms with Crippen LogP contribution in [0.1, 0.15) is 16.7 Å². The maximum absolute atomic E-state index is 13.4. The number of carbonyl (C=O) groups is 2. The molecule has 0 N–H and O–H groups in total. The number of halogens is 2. The van der Waals surface area contributed by atoms with Crippen molar-refractivity contribution < 1.29 is 18.9 Å². The van der Waals surface area contributed by atoms with Crippen LogP contribution >= 0.6 is 23.4 Å². The zero-order valence-electron chi connectivity index (χ0n) is 18.6. The molecule has 0 atom stereocenters. The number of para-hydroxylation sites is 1. The van der Waals surface area contributed by atoms with E-state index >= 15 is 0 Å². The van der Waals surface area contributed by atoms with Crippen LogP contribution < -0.4 is 0 Å². The first-order valence-electron chi connectivity index (χ1n) is 10.8. The summed E-state index contributed by atoms with van der Waals surface area (Å²) in [6.45, 7) is 0.417. The number of fused-ring (bicyclic) bond motifs is 1. The molecule has 1 aliphatic rings. The Labute approximate surface area is 213 Å². The molecule has 3 aromatic carbocycles. The van der Waals surface area contributed by atoms with Gasteiger partial charge >= 0.3 is 0 Å². The lowest BCUT2D eigenvalue weighted by molar-refractivity contribution is -0.384. The molecule has 0 aliphatic carbocycles. The van der Waals surface area contributed by atoms with Gasteiger partial charge in [0.2, 0.25) is 0 Å². The van der Waals surface area contributed by atoms with Gasteiger partial charge in [0.25, 0.3) is 16.8 Å². The number of nitro benzene ring substituents is 1. The van der Waals surface area contributed by atoms with Crippen LogP contribution in [0.15, 0.2) is 77.8 Å². The fourth-order valence-electron chi connectivity index (χ4n) is 4.04. The van der Waals surface area contributed by atoms with E-state index in [9.17, 15) is 24.1 Å². The van der Waals surface area contributed by atoms with Crippen LogP contribution in [0, 0.1) is 15.9 Å². The van der Waals surface area contributed by atoms with E-state index < -0.39 is 21.9 Å². The molecular formula is C26H17ClFN3O4S. The highest BCUT2D eigenvalue weighted by molar-refractivity contribution is 8.18. The van der Waals surface area contributed by atoms with Crippen LogP contribution in [-0.2, 0) is 17.9 Å². The SMILES string of the molecule is O=C1S/C(=C\c2cn(Cc3ccc([N+](=O)[O-])cc3)c3ccccc23)C(=O)N1Cc1ccc(F)cc1Cl. The van der Waals surface area contributed by atoms with E-state index in [0.717, 1.165) is 44.8 Å². The van der Waals surface area contributed by atoms with Crippen molar-refractivity contribution in [3.63, 3.8) is 0 Å². The van der Waals surface area contributed by atoms with Crippen molar-refractivity contribution in [1.82, 2.24) is 9.47 Å². The van der Waals surface area contributed by atoms with Gasteiger partial charge in [-0.2, -0.15) is 0 Å². The largest absolute Gasteiger partial charge is 0.342 e. The zero-order valence-corrected chi connectivity index (χ0v) is 20.1. The molecule has 4 aromatic rings. The predicted molar refractivity (Wildman–Crippen MR) is 137 cm³/mol. The first kappa shape index (κ1) is 23.8. The van der Waals surface area contributed by atoms with Crippen molar-refractivity contribution in [3.8, 4) is 0 Å². The second-order valence-electron chi connectivity index (χ2n) is 8.16. The predicted octanol–water partition coefficient (Wildman–Crippen LogP) is 6.63. The highest BCUT2D eigenvalue weighted by Crippen LogP contribution is 2.36. The molecule has 36 heavy (non-hydrogen) atoms. The Morgan fingerprint density at radius 2 is 1.78 bits per heavy atom. The monoisotopic (exact) mass is 521 g/mol. The number of amides is 2. The standard InChI is InChI=1S/C26H17ClFN3O4S/c27-22-12-19(28)8-7-17(22)15-30-25(32)24(36-26(30)33)11-18-14-29(23-4-2-1-3-21(18)23)13-16-5-9-20(10-6-16)31(34)35/h1-12,14H,13,15H2/b24-11-. The number of hydrogen-bond acceptors (Lipinski definition) is 5. The molecule has 5 rings (SSSR count). The van der Waals surface area contributed by atoms with Gasteiger partial charge in [0.05, 0.1) is 16.4 Å². The van der Waals surface area contributed by atoms with Gasteiger partial charge in [0, 0.05) is 46.4 Å². The number of nitro groups is 1. The van der Waals surface area contributed by atoms with E-state index in [4.69, 9.17) is 11.6 Å². The number of hydrogen-bond donors (Lipinski definition) is 0. The Balaban J connectivity index is 1.44. The van der Waals surface area contributed by atoms with Crippen LogP contribution in [-0.4, -0.2) is 25.5 Å². The molecule has 0 saturated carbocycles. The Kier molecular flexibility index (Phi) is 6.34. The molecule has 0 bridgehead atoms. The van der Waals surface area contributed by atoms with Crippen LogP contribution in [0.2, 0.25) is 5.02 Å². The van der Waals surface area contributed by atoms with Gasteiger partial charge in [-0.25, -0.2) is 4.39 Å². The topological polar surface area (TPSA) is 85.5 Å². The number of carbonyl (C=O) groups excluding carboxylic acids is 2. The second kappa shape index (κ2) is 9.60. The lowest BCUT2D eigenvalue weighted by Gasteiger charge is -2.13. The molecule has 1 aliphatic heterocycles. The second-order valence-corrected chi connectivity index (χ2v) is 9.56. The third-order valence-electron chi connectivity index (χ3n) is 5.82. The van der Waals surface area contributed by atoms with Crippen molar-refractivity contribution in [2.45, 2.75) is 13.1 Å². The maximum Gasteiger partial charge on any atom is 0.293 e. The molecule has 1 fully saturated rings. The fraction of sp³-hybridized carbons (Fsp3) is 0.0769. The summed E-state index contributed by atoms with van der Waals surface area (Å²) < 4.78 is 15.4. The molecule has 0 spiro atoms. The third-order valence-corrected chi connectivity index (χ3v) is 7.08. The molecule has 1 saturated heterocycles. The number of imide groups is 1. The highest BCUT2D eigenvalue weighted by atomic mass is 35.5. The minimum Gasteiger partial charge on any atom is -0.342 e. The smallest absolute Gasteiger partial charge is 0.293 e. The van der Waals surface area contributed by atoms with Gasteiger partial charge in [-0.15, -0.1) is 0 Å². The lowest BCUT2D eigenvalue weighted by Crippen LogP contribution is -2.27. The average molecular weight is 522 g/mol. The molecule has 7 nitrogen and oxygen atoms in total. The molecule has 10 heteroatoms. The molecule has 0 unspecified atom stereocenters. The summed E-state index contributed by atoms with van der Waals surface area (Å²) in [4.78, 5) is 37.5. The molecular weight excluding hydrogens is 505 g/mol. The van der Waals surface area contributed by atoms with E-state index in [1.165, 1.54) is 24.3 Å². The zero-order chi connectivity index (χ0) is 25.4. The Hall–Kier alpha value is -3.95. The van der Waals surface area contributed by atoms with Crippen molar-refractivity contribution in [2.24, 2.45) is 0 Å². The number of aromatic nitrogens is 1. The summed E-state index contributed by atoms with van der Waals surface area (Å²) in [5.41, 5.74) is 3.05. The Bertz CT molecular complexity index is 1570. The van der Waals surface area contributed by atoms with E-state index in [0.29, 0.717) is 12.1 Å². The number of benzene rings is 3. The summed E-state index contributed by atoms with van der Waals surface area (Å²) >= 11 is 6.92. The highest BCUT2D eigenvalue weighted by Gasteiger charge is 2.35. The van der Waals surface area contributed by atoms with Crippen LogP contribution in [0.4, 0.5) is 14.9 Å². The first-order chi connectivity index (χ1) is 17.3.